The lowest BCUT2D eigenvalue weighted by Gasteiger charge is -2.28. The smallest absolute Gasteiger partial charge is 0.269 e. The number of benzene rings is 2. The summed E-state index contributed by atoms with van der Waals surface area (Å²) in [5.74, 6) is -1.33. The molecule has 28 heavy (non-hydrogen) atoms. The van der Waals surface area contributed by atoms with Gasteiger partial charge in [0.15, 0.2) is 0 Å². The minimum Gasteiger partial charge on any atom is -0.423 e. The molecule has 0 saturated heterocycles. The molecule has 0 bridgehead atoms. The van der Waals surface area contributed by atoms with Crippen LogP contribution in [-0.4, -0.2) is 20.6 Å². The SMILES string of the molecule is Cc1nn(-c2ccccc2)c2c1C(c1cccc([N+](=O)[O-])c1)C(C#N)C(=N)O2. The Morgan fingerprint density at radius 2 is 2.00 bits per heavy atom. The molecule has 3 aromatic rings. The highest BCUT2D eigenvalue weighted by atomic mass is 16.6. The molecular weight excluding hydrogens is 358 g/mol. The maximum Gasteiger partial charge on any atom is 0.269 e. The maximum absolute atomic E-state index is 11.2. The number of rotatable bonds is 3. The van der Waals surface area contributed by atoms with E-state index in [-0.39, 0.29) is 11.6 Å². The highest BCUT2D eigenvalue weighted by Gasteiger charge is 2.41. The number of fused-ring (bicyclic) bond motifs is 1. The summed E-state index contributed by atoms with van der Waals surface area (Å²) in [6.45, 7) is 1.80. The Labute approximate surface area is 160 Å². The number of para-hydroxylation sites is 1. The van der Waals surface area contributed by atoms with Crippen molar-refractivity contribution in [3.05, 3.63) is 81.5 Å². The van der Waals surface area contributed by atoms with Crippen LogP contribution < -0.4 is 4.74 Å². The van der Waals surface area contributed by atoms with E-state index in [1.54, 1.807) is 23.7 Å². The van der Waals surface area contributed by atoms with Gasteiger partial charge in [0.2, 0.25) is 11.8 Å². The van der Waals surface area contributed by atoms with Crippen molar-refractivity contribution >= 4 is 11.6 Å². The van der Waals surface area contributed by atoms with Gasteiger partial charge >= 0.3 is 0 Å². The van der Waals surface area contributed by atoms with Crippen LogP contribution in [0.2, 0.25) is 0 Å². The van der Waals surface area contributed by atoms with Gasteiger partial charge in [0, 0.05) is 23.6 Å². The summed E-state index contributed by atoms with van der Waals surface area (Å²) >= 11 is 0. The predicted octanol–water partition coefficient (Wildman–Crippen LogP) is 3.73. The predicted molar refractivity (Wildman–Crippen MR) is 101 cm³/mol. The number of hydrogen-bond donors (Lipinski definition) is 1. The molecule has 4 rings (SSSR count). The molecule has 1 aliphatic heterocycles. The van der Waals surface area contributed by atoms with Crippen molar-refractivity contribution in [2.75, 3.05) is 0 Å². The van der Waals surface area contributed by atoms with E-state index in [9.17, 15) is 15.4 Å². The second-order valence-electron chi connectivity index (χ2n) is 6.45. The molecule has 0 saturated carbocycles. The zero-order valence-corrected chi connectivity index (χ0v) is 14.9. The van der Waals surface area contributed by atoms with Gasteiger partial charge < -0.3 is 4.74 Å². The first-order valence-corrected chi connectivity index (χ1v) is 8.56. The molecule has 2 aromatic carbocycles. The van der Waals surface area contributed by atoms with Crippen molar-refractivity contribution in [3.8, 4) is 17.6 Å². The fraction of sp³-hybridized carbons (Fsp3) is 0.150. The molecule has 0 aliphatic carbocycles. The topological polar surface area (TPSA) is 118 Å². The van der Waals surface area contributed by atoms with Crippen LogP contribution >= 0.6 is 0 Å². The minimum absolute atomic E-state index is 0.0677. The molecule has 8 heteroatoms. The Bertz CT molecular complexity index is 1130. The van der Waals surface area contributed by atoms with Crippen LogP contribution in [0.4, 0.5) is 5.69 Å². The molecule has 2 unspecified atom stereocenters. The molecule has 1 aliphatic rings. The number of aromatic nitrogens is 2. The van der Waals surface area contributed by atoms with Crippen LogP contribution in [0.1, 0.15) is 22.7 Å². The molecule has 1 N–H and O–H groups in total. The number of aryl methyl sites for hydroxylation is 1. The van der Waals surface area contributed by atoms with Crippen LogP contribution in [0.25, 0.3) is 5.69 Å². The standard InChI is InChI=1S/C20H15N5O3/c1-12-17-18(13-6-5-9-15(10-13)25(26)27)16(11-21)19(22)28-20(17)24(23-12)14-7-3-2-4-8-14/h2-10,16,18,22H,1H3. The molecule has 8 nitrogen and oxygen atoms in total. The number of nitriles is 1. The zero-order valence-electron chi connectivity index (χ0n) is 14.9. The van der Waals surface area contributed by atoms with E-state index in [1.165, 1.54) is 12.1 Å². The maximum atomic E-state index is 11.2. The van der Waals surface area contributed by atoms with Crippen molar-refractivity contribution in [1.29, 1.82) is 10.7 Å². The van der Waals surface area contributed by atoms with Crippen LogP contribution in [0, 0.1) is 39.7 Å². The quantitative estimate of drug-likeness (QED) is 0.554. The summed E-state index contributed by atoms with van der Waals surface area (Å²) in [6.07, 6.45) is 0. The van der Waals surface area contributed by atoms with Gasteiger partial charge in [-0.3, -0.25) is 15.5 Å². The van der Waals surface area contributed by atoms with Gasteiger partial charge in [0.1, 0.15) is 5.92 Å². The molecule has 2 atom stereocenters. The van der Waals surface area contributed by atoms with E-state index in [0.29, 0.717) is 22.7 Å². The average Bonchev–Trinajstić information content (AvgIpc) is 3.03. The number of nitro groups is 1. The molecule has 0 radical (unpaired) electrons. The fourth-order valence-electron chi connectivity index (χ4n) is 3.53. The van der Waals surface area contributed by atoms with Crippen molar-refractivity contribution in [2.45, 2.75) is 12.8 Å². The highest BCUT2D eigenvalue weighted by molar-refractivity contribution is 5.85. The van der Waals surface area contributed by atoms with Crippen LogP contribution in [-0.2, 0) is 0 Å². The lowest BCUT2D eigenvalue weighted by atomic mass is 9.79. The zero-order chi connectivity index (χ0) is 19.8. The second-order valence-corrected chi connectivity index (χ2v) is 6.45. The first-order chi connectivity index (χ1) is 13.5. The number of ether oxygens (including phenoxy) is 1. The number of hydrogen-bond acceptors (Lipinski definition) is 6. The normalized spacial score (nSPS) is 18.1. The highest BCUT2D eigenvalue weighted by Crippen LogP contribution is 2.45. The summed E-state index contributed by atoms with van der Waals surface area (Å²) in [6, 6.07) is 17.6. The van der Waals surface area contributed by atoms with E-state index in [4.69, 9.17) is 10.1 Å². The number of nitrogens with one attached hydrogen (secondary N) is 1. The van der Waals surface area contributed by atoms with Gasteiger partial charge in [-0.1, -0.05) is 30.3 Å². The number of nitro benzene ring substituents is 1. The van der Waals surface area contributed by atoms with Gasteiger partial charge in [0.05, 0.1) is 22.4 Å². The fourth-order valence-corrected chi connectivity index (χ4v) is 3.53. The Kier molecular flexibility index (Phi) is 4.12. The van der Waals surface area contributed by atoms with E-state index >= 15 is 0 Å². The number of non-ortho nitro benzene ring substituents is 1. The van der Waals surface area contributed by atoms with Crippen molar-refractivity contribution < 1.29 is 9.66 Å². The molecule has 138 valence electrons. The van der Waals surface area contributed by atoms with Gasteiger partial charge in [-0.2, -0.15) is 10.4 Å². The summed E-state index contributed by atoms with van der Waals surface area (Å²) in [7, 11) is 0. The molecule has 2 heterocycles. The molecule has 1 aromatic heterocycles. The first-order valence-electron chi connectivity index (χ1n) is 8.56. The van der Waals surface area contributed by atoms with Gasteiger partial charge in [-0.25, -0.2) is 4.68 Å². The molecule has 0 spiro atoms. The largest absolute Gasteiger partial charge is 0.423 e. The van der Waals surface area contributed by atoms with Crippen molar-refractivity contribution in [2.24, 2.45) is 5.92 Å². The third kappa shape index (κ3) is 2.70. The molecular formula is C20H15N5O3. The van der Waals surface area contributed by atoms with E-state index in [0.717, 1.165) is 5.69 Å². The third-order valence-corrected chi connectivity index (χ3v) is 4.78. The molecule has 0 amide bonds. The Balaban J connectivity index is 1.94. The van der Waals surface area contributed by atoms with E-state index < -0.39 is 16.8 Å². The van der Waals surface area contributed by atoms with E-state index in [2.05, 4.69) is 11.2 Å². The summed E-state index contributed by atoms with van der Waals surface area (Å²) in [5.41, 5.74) is 2.57. The van der Waals surface area contributed by atoms with Crippen LogP contribution in [0.3, 0.4) is 0 Å². The lowest BCUT2D eigenvalue weighted by molar-refractivity contribution is -0.384. The van der Waals surface area contributed by atoms with E-state index in [1.807, 2.05) is 30.3 Å². The van der Waals surface area contributed by atoms with Crippen LogP contribution in [0.5, 0.6) is 5.88 Å². The average molecular weight is 373 g/mol. The second kappa shape index (κ2) is 6.63. The molecule has 0 fully saturated rings. The monoisotopic (exact) mass is 373 g/mol. The lowest BCUT2D eigenvalue weighted by Crippen LogP contribution is -2.31. The Hall–Kier alpha value is -3.99. The van der Waals surface area contributed by atoms with Crippen molar-refractivity contribution in [3.63, 3.8) is 0 Å². The van der Waals surface area contributed by atoms with Gasteiger partial charge in [-0.05, 0) is 24.6 Å². The Morgan fingerprint density at radius 1 is 1.25 bits per heavy atom. The first kappa shape index (κ1) is 17.4. The number of nitrogens with zero attached hydrogens (tertiary/aromatic N) is 4. The minimum atomic E-state index is -0.901. The Morgan fingerprint density at radius 3 is 2.68 bits per heavy atom. The van der Waals surface area contributed by atoms with Crippen LogP contribution in [0.15, 0.2) is 54.6 Å². The summed E-state index contributed by atoms with van der Waals surface area (Å²) < 4.78 is 7.29. The summed E-state index contributed by atoms with van der Waals surface area (Å²) in [4.78, 5) is 10.7. The summed E-state index contributed by atoms with van der Waals surface area (Å²) in [5, 5.41) is 33.7. The third-order valence-electron chi connectivity index (χ3n) is 4.78. The van der Waals surface area contributed by atoms with Crippen molar-refractivity contribution in [1.82, 2.24) is 9.78 Å². The van der Waals surface area contributed by atoms with Gasteiger partial charge in [-0.15, -0.1) is 0 Å². The van der Waals surface area contributed by atoms with Gasteiger partial charge in [0.25, 0.3) is 5.69 Å².